The zero-order valence-corrected chi connectivity index (χ0v) is 12.3. The highest BCUT2D eigenvalue weighted by atomic mass is 16.2. The number of amides is 1. The van der Waals surface area contributed by atoms with E-state index in [1.165, 1.54) is 0 Å². The molecule has 0 aliphatic rings. The third kappa shape index (κ3) is 4.16. The molecule has 0 saturated carbocycles. The van der Waals surface area contributed by atoms with Crippen molar-refractivity contribution in [2.45, 2.75) is 33.7 Å². The molecule has 4 nitrogen and oxygen atoms in total. The van der Waals surface area contributed by atoms with Crippen LogP contribution in [0.2, 0.25) is 0 Å². The number of nitrogens with two attached hydrogens (primary N) is 1. The van der Waals surface area contributed by atoms with E-state index in [1.807, 2.05) is 43.0 Å². The molecule has 0 aliphatic heterocycles. The third-order valence-corrected chi connectivity index (χ3v) is 3.12. The molecular weight excluding hydrogens is 238 g/mol. The highest BCUT2D eigenvalue weighted by molar-refractivity contribution is 5.86. The van der Waals surface area contributed by atoms with Crippen LogP contribution < -0.4 is 16.0 Å². The van der Waals surface area contributed by atoms with E-state index in [4.69, 9.17) is 5.73 Å². The zero-order chi connectivity index (χ0) is 14.4. The fourth-order valence-electron chi connectivity index (χ4n) is 2.00. The van der Waals surface area contributed by atoms with Crippen LogP contribution in [0, 0.1) is 5.92 Å². The van der Waals surface area contributed by atoms with Gasteiger partial charge in [0, 0.05) is 13.1 Å². The molecule has 0 aliphatic carbocycles. The normalized spacial score (nSPS) is 12.3. The minimum Gasteiger partial charge on any atom is -0.397 e. The van der Waals surface area contributed by atoms with Gasteiger partial charge < -0.3 is 16.0 Å². The average molecular weight is 263 g/mol. The van der Waals surface area contributed by atoms with Crippen LogP contribution in [0.3, 0.4) is 0 Å². The molecule has 1 amide bonds. The standard InChI is InChI=1S/C15H25N3O/c1-5-18(14-9-7-6-8-13(14)16)12(4)15(19)17-10-11(2)3/h6-9,11-12H,5,10,16H2,1-4H3,(H,17,19). The van der Waals surface area contributed by atoms with Crippen molar-refractivity contribution in [2.24, 2.45) is 5.92 Å². The van der Waals surface area contributed by atoms with E-state index in [9.17, 15) is 4.79 Å². The Morgan fingerprint density at radius 1 is 1.32 bits per heavy atom. The summed E-state index contributed by atoms with van der Waals surface area (Å²) in [6.45, 7) is 9.54. The molecule has 1 aromatic carbocycles. The van der Waals surface area contributed by atoms with Gasteiger partial charge in [0.25, 0.3) is 0 Å². The lowest BCUT2D eigenvalue weighted by atomic mass is 10.1. The second-order valence-electron chi connectivity index (χ2n) is 5.16. The van der Waals surface area contributed by atoms with E-state index in [0.29, 0.717) is 18.2 Å². The molecule has 1 rings (SSSR count). The molecule has 1 atom stereocenters. The predicted molar refractivity (Wildman–Crippen MR) is 81.2 cm³/mol. The van der Waals surface area contributed by atoms with Gasteiger partial charge in [-0.2, -0.15) is 0 Å². The topological polar surface area (TPSA) is 58.4 Å². The first-order chi connectivity index (χ1) is 8.97. The maximum Gasteiger partial charge on any atom is 0.242 e. The fraction of sp³-hybridized carbons (Fsp3) is 0.533. The third-order valence-electron chi connectivity index (χ3n) is 3.12. The van der Waals surface area contributed by atoms with Crippen molar-refractivity contribution in [3.63, 3.8) is 0 Å². The molecule has 0 radical (unpaired) electrons. The van der Waals surface area contributed by atoms with E-state index < -0.39 is 0 Å². The smallest absolute Gasteiger partial charge is 0.242 e. The number of hydrogen-bond acceptors (Lipinski definition) is 3. The highest BCUT2D eigenvalue weighted by Gasteiger charge is 2.21. The molecule has 0 spiro atoms. The Labute approximate surface area is 116 Å². The molecule has 1 unspecified atom stereocenters. The van der Waals surface area contributed by atoms with Crippen LogP contribution in [0.4, 0.5) is 11.4 Å². The Morgan fingerprint density at radius 3 is 2.47 bits per heavy atom. The van der Waals surface area contributed by atoms with Crippen molar-refractivity contribution in [3.05, 3.63) is 24.3 Å². The van der Waals surface area contributed by atoms with Gasteiger partial charge in [0.2, 0.25) is 5.91 Å². The van der Waals surface area contributed by atoms with Crippen LogP contribution in [-0.4, -0.2) is 25.0 Å². The van der Waals surface area contributed by atoms with E-state index in [0.717, 1.165) is 12.2 Å². The van der Waals surface area contributed by atoms with Crippen LogP contribution >= 0.6 is 0 Å². The summed E-state index contributed by atoms with van der Waals surface area (Å²) in [5, 5.41) is 2.96. The van der Waals surface area contributed by atoms with Crippen molar-refractivity contribution < 1.29 is 4.79 Å². The Balaban J connectivity index is 2.80. The minimum absolute atomic E-state index is 0.0406. The Bertz CT molecular complexity index is 418. The lowest BCUT2D eigenvalue weighted by molar-refractivity contribution is -0.122. The lowest BCUT2D eigenvalue weighted by Gasteiger charge is -2.30. The minimum atomic E-state index is -0.228. The number of likely N-dealkylation sites (N-methyl/N-ethyl adjacent to an activating group) is 1. The molecule has 0 heterocycles. The maximum absolute atomic E-state index is 12.1. The first-order valence-electron chi connectivity index (χ1n) is 6.86. The number of carbonyl (C=O) groups is 1. The van der Waals surface area contributed by atoms with Gasteiger partial charge in [-0.25, -0.2) is 0 Å². The van der Waals surface area contributed by atoms with Gasteiger partial charge in [0.15, 0.2) is 0 Å². The quantitative estimate of drug-likeness (QED) is 0.774. The number of nitrogens with zero attached hydrogens (tertiary/aromatic N) is 1. The van der Waals surface area contributed by atoms with Crippen LogP contribution in [0.1, 0.15) is 27.7 Å². The maximum atomic E-state index is 12.1. The monoisotopic (exact) mass is 263 g/mol. The Kier molecular flexibility index (Phi) is 5.67. The van der Waals surface area contributed by atoms with Gasteiger partial charge in [-0.05, 0) is 31.9 Å². The molecule has 0 aromatic heterocycles. The van der Waals surface area contributed by atoms with Gasteiger partial charge in [-0.1, -0.05) is 26.0 Å². The van der Waals surface area contributed by atoms with Crippen molar-refractivity contribution in [1.82, 2.24) is 5.32 Å². The van der Waals surface area contributed by atoms with Crippen LogP contribution in [0.15, 0.2) is 24.3 Å². The average Bonchev–Trinajstić information content (AvgIpc) is 2.38. The van der Waals surface area contributed by atoms with E-state index in [-0.39, 0.29) is 11.9 Å². The van der Waals surface area contributed by atoms with Gasteiger partial charge in [0.1, 0.15) is 6.04 Å². The highest BCUT2D eigenvalue weighted by Crippen LogP contribution is 2.24. The number of hydrogen-bond donors (Lipinski definition) is 2. The second kappa shape index (κ2) is 7.02. The summed E-state index contributed by atoms with van der Waals surface area (Å²) in [4.78, 5) is 14.2. The Morgan fingerprint density at radius 2 is 1.95 bits per heavy atom. The molecular formula is C15H25N3O. The molecule has 0 fully saturated rings. The summed E-state index contributed by atoms with van der Waals surface area (Å²) < 4.78 is 0. The van der Waals surface area contributed by atoms with Crippen molar-refractivity contribution in [3.8, 4) is 0 Å². The van der Waals surface area contributed by atoms with Gasteiger partial charge in [-0.15, -0.1) is 0 Å². The molecule has 0 saturated heterocycles. The lowest BCUT2D eigenvalue weighted by Crippen LogP contribution is -2.46. The zero-order valence-electron chi connectivity index (χ0n) is 12.3. The predicted octanol–water partition coefficient (Wildman–Crippen LogP) is 2.26. The summed E-state index contributed by atoms with van der Waals surface area (Å²) in [5.74, 6) is 0.492. The van der Waals surface area contributed by atoms with E-state index >= 15 is 0 Å². The number of benzene rings is 1. The number of rotatable bonds is 6. The van der Waals surface area contributed by atoms with Gasteiger partial charge in [-0.3, -0.25) is 4.79 Å². The molecule has 19 heavy (non-hydrogen) atoms. The SMILES string of the molecule is CCN(c1ccccc1N)C(C)C(=O)NCC(C)C. The van der Waals surface area contributed by atoms with Crippen LogP contribution in [0.5, 0.6) is 0 Å². The van der Waals surface area contributed by atoms with E-state index in [2.05, 4.69) is 19.2 Å². The molecule has 4 heteroatoms. The largest absolute Gasteiger partial charge is 0.397 e. The second-order valence-corrected chi connectivity index (χ2v) is 5.16. The van der Waals surface area contributed by atoms with Gasteiger partial charge in [0.05, 0.1) is 11.4 Å². The number of para-hydroxylation sites is 2. The first-order valence-corrected chi connectivity index (χ1v) is 6.86. The van der Waals surface area contributed by atoms with Crippen molar-refractivity contribution in [2.75, 3.05) is 23.7 Å². The van der Waals surface area contributed by atoms with Crippen molar-refractivity contribution >= 4 is 17.3 Å². The molecule has 3 N–H and O–H groups in total. The molecule has 0 bridgehead atoms. The molecule has 106 valence electrons. The van der Waals surface area contributed by atoms with Crippen LogP contribution in [0.25, 0.3) is 0 Å². The summed E-state index contributed by atoms with van der Waals surface area (Å²) in [5.41, 5.74) is 7.60. The fourth-order valence-corrected chi connectivity index (χ4v) is 2.00. The van der Waals surface area contributed by atoms with Crippen LogP contribution in [-0.2, 0) is 4.79 Å². The van der Waals surface area contributed by atoms with Gasteiger partial charge >= 0.3 is 0 Å². The van der Waals surface area contributed by atoms with Crippen molar-refractivity contribution in [1.29, 1.82) is 0 Å². The number of nitrogen functional groups attached to an aromatic ring is 1. The Hall–Kier alpha value is -1.71. The first kappa shape index (κ1) is 15.3. The summed E-state index contributed by atoms with van der Waals surface area (Å²) in [6.07, 6.45) is 0. The summed E-state index contributed by atoms with van der Waals surface area (Å²) >= 11 is 0. The number of anilines is 2. The molecule has 1 aromatic rings. The summed E-state index contributed by atoms with van der Waals surface area (Å²) in [7, 11) is 0. The number of nitrogens with one attached hydrogen (secondary N) is 1. The summed E-state index contributed by atoms with van der Waals surface area (Å²) in [6, 6.07) is 7.42. The van der Waals surface area contributed by atoms with E-state index in [1.54, 1.807) is 0 Å². The number of carbonyl (C=O) groups excluding carboxylic acids is 1.